The van der Waals surface area contributed by atoms with E-state index in [4.69, 9.17) is 31.5 Å². The molecule has 142 valence electrons. The molecule has 2 N–H and O–H groups in total. The molecule has 7 heteroatoms. The fraction of sp³-hybridized carbons (Fsp3) is 0.400. The molecule has 0 unspecified atom stereocenters. The molecule has 6 nitrogen and oxygen atoms in total. The normalized spacial score (nSPS) is 21.3. The number of hydrogen-bond donors (Lipinski definition) is 1. The number of allylic oxidation sites excluding steroid dienone is 3. The van der Waals surface area contributed by atoms with E-state index in [1.807, 2.05) is 13.8 Å². The van der Waals surface area contributed by atoms with Gasteiger partial charge in [-0.15, -0.1) is 0 Å². The SMILES string of the molecule is COc1cc(Cl)c([C@H]2C(C#N)=C(N)OC3=C2C(=O)CC(C)(C)C3)cc1OC. The minimum atomic E-state index is -0.699. The van der Waals surface area contributed by atoms with Crippen LogP contribution in [0.5, 0.6) is 11.5 Å². The number of benzene rings is 1. The lowest BCUT2D eigenvalue weighted by atomic mass is 9.70. The quantitative estimate of drug-likeness (QED) is 0.846. The van der Waals surface area contributed by atoms with Gasteiger partial charge in [0.1, 0.15) is 17.4 Å². The van der Waals surface area contributed by atoms with Gasteiger partial charge in [-0.05, 0) is 17.0 Å². The molecule has 0 radical (unpaired) electrons. The van der Waals surface area contributed by atoms with Gasteiger partial charge in [0.2, 0.25) is 5.88 Å². The van der Waals surface area contributed by atoms with Gasteiger partial charge in [0.15, 0.2) is 17.3 Å². The van der Waals surface area contributed by atoms with Gasteiger partial charge < -0.3 is 19.9 Å². The van der Waals surface area contributed by atoms with Crippen LogP contribution in [0.1, 0.15) is 38.2 Å². The van der Waals surface area contributed by atoms with Crippen molar-refractivity contribution in [2.24, 2.45) is 11.1 Å². The van der Waals surface area contributed by atoms with Crippen molar-refractivity contribution in [3.8, 4) is 17.6 Å². The summed E-state index contributed by atoms with van der Waals surface area (Å²) in [6.07, 6.45) is 0.907. The molecule has 1 aromatic rings. The van der Waals surface area contributed by atoms with Gasteiger partial charge in [-0.3, -0.25) is 4.79 Å². The lowest BCUT2D eigenvalue weighted by molar-refractivity contribution is -0.119. The molecule has 2 aliphatic rings. The Morgan fingerprint density at radius 2 is 1.89 bits per heavy atom. The van der Waals surface area contributed by atoms with Crippen molar-refractivity contribution < 1.29 is 19.0 Å². The molecule has 1 aliphatic heterocycles. The van der Waals surface area contributed by atoms with Crippen molar-refractivity contribution in [2.45, 2.75) is 32.6 Å². The first-order valence-corrected chi connectivity index (χ1v) is 8.85. The van der Waals surface area contributed by atoms with Crippen LogP contribution in [0.2, 0.25) is 5.02 Å². The van der Waals surface area contributed by atoms with Crippen LogP contribution in [-0.2, 0) is 9.53 Å². The number of carbonyl (C=O) groups is 1. The smallest absolute Gasteiger partial charge is 0.205 e. The lowest BCUT2D eigenvalue weighted by Gasteiger charge is -2.37. The van der Waals surface area contributed by atoms with Crippen LogP contribution in [0.25, 0.3) is 0 Å². The molecule has 0 spiro atoms. The van der Waals surface area contributed by atoms with E-state index in [1.54, 1.807) is 12.1 Å². The van der Waals surface area contributed by atoms with E-state index < -0.39 is 5.92 Å². The summed E-state index contributed by atoms with van der Waals surface area (Å²) in [5.74, 6) is 0.636. The maximum absolute atomic E-state index is 13.0. The first-order valence-electron chi connectivity index (χ1n) is 8.47. The standard InChI is InChI=1S/C20H21ClN2O4/c1-20(2)7-13(24)18-16(8-20)27-19(23)11(9-22)17(18)10-5-14(25-3)15(26-4)6-12(10)21/h5-6,17H,7-8,23H2,1-4H3/t17-/m0/s1. The summed E-state index contributed by atoms with van der Waals surface area (Å²) in [6, 6.07) is 5.37. The number of nitrogens with two attached hydrogens (primary N) is 1. The number of halogens is 1. The highest BCUT2D eigenvalue weighted by molar-refractivity contribution is 6.31. The van der Waals surface area contributed by atoms with Gasteiger partial charge in [-0.25, -0.2) is 0 Å². The second-order valence-electron chi connectivity index (χ2n) is 7.43. The molecule has 0 fully saturated rings. The minimum absolute atomic E-state index is 0.00222. The van der Waals surface area contributed by atoms with Crippen LogP contribution in [0.15, 0.2) is 34.9 Å². The Balaban J connectivity index is 2.25. The van der Waals surface area contributed by atoms with Crippen molar-refractivity contribution in [3.63, 3.8) is 0 Å². The first-order chi connectivity index (χ1) is 12.7. The van der Waals surface area contributed by atoms with Crippen LogP contribution >= 0.6 is 11.6 Å². The van der Waals surface area contributed by atoms with Gasteiger partial charge in [-0.2, -0.15) is 5.26 Å². The Morgan fingerprint density at radius 3 is 2.48 bits per heavy atom. The molecule has 0 aromatic heterocycles. The third-order valence-corrected chi connectivity index (χ3v) is 5.22. The van der Waals surface area contributed by atoms with Crippen molar-refractivity contribution in [1.82, 2.24) is 0 Å². The predicted molar refractivity (Wildman–Crippen MR) is 100 cm³/mol. The van der Waals surface area contributed by atoms with E-state index in [2.05, 4.69) is 6.07 Å². The average Bonchev–Trinajstić information content (AvgIpc) is 2.59. The molecular formula is C20H21ClN2O4. The van der Waals surface area contributed by atoms with E-state index in [1.165, 1.54) is 14.2 Å². The number of ketones is 1. The molecule has 0 amide bonds. The van der Waals surface area contributed by atoms with Gasteiger partial charge in [-0.1, -0.05) is 25.4 Å². The zero-order chi connectivity index (χ0) is 19.9. The van der Waals surface area contributed by atoms with E-state index in [9.17, 15) is 10.1 Å². The number of hydrogen-bond acceptors (Lipinski definition) is 6. The predicted octanol–water partition coefficient (Wildman–Crippen LogP) is 3.81. The number of carbonyl (C=O) groups excluding carboxylic acids is 1. The summed E-state index contributed by atoms with van der Waals surface area (Å²) >= 11 is 6.49. The molecule has 0 saturated carbocycles. The Kier molecular flexibility index (Phi) is 4.83. The lowest BCUT2D eigenvalue weighted by Crippen LogP contribution is -2.33. The molecule has 0 saturated heterocycles. The van der Waals surface area contributed by atoms with Crippen LogP contribution in [-0.4, -0.2) is 20.0 Å². The molecule has 1 atom stereocenters. The van der Waals surface area contributed by atoms with Crippen molar-refractivity contribution in [2.75, 3.05) is 14.2 Å². The fourth-order valence-electron chi connectivity index (χ4n) is 3.69. The number of ether oxygens (including phenoxy) is 3. The molecule has 3 rings (SSSR count). The zero-order valence-corrected chi connectivity index (χ0v) is 16.4. The Labute approximate surface area is 163 Å². The van der Waals surface area contributed by atoms with E-state index in [0.29, 0.717) is 46.3 Å². The molecule has 27 heavy (non-hydrogen) atoms. The van der Waals surface area contributed by atoms with Crippen LogP contribution in [0.3, 0.4) is 0 Å². The van der Waals surface area contributed by atoms with E-state index in [0.717, 1.165) is 0 Å². The van der Waals surface area contributed by atoms with Crippen LogP contribution < -0.4 is 15.2 Å². The number of nitrogens with zero attached hydrogens (tertiary/aromatic N) is 1. The third kappa shape index (κ3) is 3.24. The highest BCUT2D eigenvalue weighted by atomic mass is 35.5. The van der Waals surface area contributed by atoms with Crippen molar-refractivity contribution in [1.29, 1.82) is 5.26 Å². The largest absolute Gasteiger partial charge is 0.493 e. The van der Waals surface area contributed by atoms with Gasteiger partial charge in [0.05, 0.1) is 20.1 Å². The topological polar surface area (TPSA) is 94.6 Å². The van der Waals surface area contributed by atoms with Crippen molar-refractivity contribution in [3.05, 3.63) is 45.5 Å². The summed E-state index contributed by atoms with van der Waals surface area (Å²) in [7, 11) is 3.02. The maximum atomic E-state index is 13.0. The summed E-state index contributed by atoms with van der Waals surface area (Å²) in [5.41, 5.74) is 6.94. The van der Waals surface area contributed by atoms with Gasteiger partial charge in [0.25, 0.3) is 0 Å². The molecule has 1 aliphatic carbocycles. The Bertz CT molecular complexity index is 925. The molecule has 0 bridgehead atoms. The summed E-state index contributed by atoms with van der Waals surface area (Å²) in [6.45, 7) is 3.99. The van der Waals surface area contributed by atoms with Crippen molar-refractivity contribution >= 4 is 17.4 Å². The second kappa shape index (κ2) is 6.82. The number of methoxy groups -OCH3 is 2. The molecule has 1 aromatic carbocycles. The molecular weight excluding hydrogens is 368 g/mol. The summed E-state index contributed by atoms with van der Waals surface area (Å²) in [4.78, 5) is 13.0. The number of nitriles is 1. The van der Waals surface area contributed by atoms with Crippen LogP contribution in [0, 0.1) is 16.7 Å². The number of rotatable bonds is 3. The van der Waals surface area contributed by atoms with Gasteiger partial charge in [0, 0.05) is 29.5 Å². The van der Waals surface area contributed by atoms with E-state index in [-0.39, 0.29) is 22.7 Å². The number of Topliss-reactive ketones (excluding diaryl/α,β-unsaturated/α-hetero) is 1. The highest BCUT2D eigenvalue weighted by Gasteiger charge is 2.43. The monoisotopic (exact) mass is 388 g/mol. The van der Waals surface area contributed by atoms with E-state index >= 15 is 0 Å². The van der Waals surface area contributed by atoms with Crippen LogP contribution in [0.4, 0.5) is 0 Å². The fourth-order valence-corrected chi connectivity index (χ4v) is 3.95. The maximum Gasteiger partial charge on any atom is 0.205 e. The first kappa shape index (κ1) is 19.1. The average molecular weight is 389 g/mol. The summed E-state index contributed by atoms with van der Waals surface area (Å²) in [5, 5.41) is 10.0. The Hall–Kier alpha value is -2.65. The molecule has 1 heterocycles. The summed E-state index contributed by atoms with van der Waals surface area (Å²) < 4.78 is 16.3. The zero-order valence-electron chi connectivity index (χ0n) is 15.7. The Morgan fingerprint density at radius 1 is 1.26 bits per heavy atom. The third-order valence-electron chi connectivity index (χ3n) is 4.89. The minimum Gasteiger partial charge on any atom is -0.493 e. The van der Waals surface area contributed by atoms with Gasteiger partial charge >= 0.3 is 0 Å². The highest BCUT2D eigenvalue weighted by Crippen LogP contribution is 2.50. The second-order valence-corrected chi connectivity index (χ2v) is 7.84.